The molecule has 0 bridgehead atoms. The fourth-order valence-electron chi connectivity index (χ4n) is 1.65. The minimum Gasteiger partial charge on any atom is -0.369 e. The van der Waals surface area contributed by atoms with Crippen LogP contribution in [0.5, 0.6) is 0 Å². The zero-order valence-corrected chi connectivity index (χ0v) is 11.5. The topological polar surface area (TPSA) is 81.0 Å². The van der Waals surface area contributed by atoms with Gasteiger partial charge >= 0.3 is 0 Å². The van der Waals surface area contributed by atoms with Gasteiger partial charge in [0.05, 0.1) is 9.93 Å². The lowest BCUT2D eigenvalue weighted by atomic mass is 10.2. The molecule has 0 radical (unpaired) electrons. The molecule has 7 heteroatoms. The molecule has 0 aromatic carbocycles. The molecule has 0 saturated heterocycles. The molecule has 0 aliphatic rings. The van der Waals surface area contributed by atoms with E-state index in [1.807, 2.05) is 12.3 Å². The van der Waals surface area contributed by atoms with Crippen LogP contribution in [-0.4, -0.2) is 21.4 Å². The molecule has 0 aliphatic carbocycles. The van der Waals surface area contributed by atoms with Gasteiger partial charge in [-0.1, -0.05) is 0 Å². The van der Waals surface area contributed by atoms with Crippen molar-refractivity contribution in [2.24, 2.45) is 0 Å². The normalized spacial score (nSPS) is 10.4. The molecular weight excluding hydrogens is 264 g/mol. The highest BCUT2D eigenvalue weighted by Crippen LogP contribution is 2.18. The quantitative estimate of drug-likeness (QED) is 0.671. The third-order valence-corrected chi connectivity index (χ3v) is 3.60. The van der Waals surface area contributed by atoms with Crippen molar-refractivity contribution < 1.29 is 4.92 Å². The SMILES string of the molecule is Cc1csc(CCNc2ncc([N+](=O)[O-])cc2C)n1. The number of rotatable bonds is 5. The van der Waals surface area contributed by atoms with Crippen LogP contribution in [-0.2, 0) is 6.42 Å². The van der Waals surface area contributed by atoms with Gasteiger partial charge in [0.15, 0.2) is 0 Å². The van der Waals surface area contributed by atoms with Crippen LogP contribution in [0.25, 0.3) is 0 Å². The Balaban J connectivity index is 1.94. The zero-order valence-electron chi connectivity index (χ0n) is 10.7. The van der Waals surface area contributed by atoms with E-state index in [2.05, 4.69) is 15.3 Å². The molecule has 0 saturated carbocycles. The number of nitro groups is 1. The van der Waals surface area contributed by atoms with E-state index in [0.717, 1.165) is 22.7 Å². The summed E-state index contributed by atoms with van der Waals surface area (Å²) in [6, 6.07) is 1.52. The van der Waals surface area contributed by atoms with Gasteiger partial charge in [0.25, 0.3) is 5.69 Å². The average Bonchev–Trinajstić information content (AvgIpc) is 2.77. The van der Waals surface area contributed by atoms with Gasteiger partial charge < -0.3 is 5.32 Å². The molecule has 19 heavy (non-hydrogen) atoms. The molecule has 0 aliphatic heterocycles. The highest BCUT2D eigenvalue weighted by molar-refractivity contribution is 7.09. The van der Waals surface area contributed by atoms with Crippen LogP contribution < -0.4 is 5.32 Å². The molecule has 0 unspecified atom stereocenters. The van der Waals surface area contributed by atoms with Gasteiger partial charge in [0.1, 0.15) is 12.0 Å². The summed E-state index contributed by atoms with van der Waals surface area (Å²) in [4.78, 5) is 18.6. The first-order valence-corrected chi connectivity index (χ1v) is 6.70. The van der Waals surface area contributed by atoms with Crippen molar-refractivity contribution in [2.75, 3.05) is 11.9 Å². The maximum Gasteiger partial charge on any atom is 0.287 e. The number of hydrogen-bond acceptors (Lipinski definition) is 6. The maximum atomic E-state index is 10.6. The van der Waals surface area contributed by atoms with E-state index >= 15 is 0 Å². The summed E-state index contributed by atoms with van der Waals surface area (Å²) in [5, 5.41) is 16.9. The molecule has 0 amide bonds. The van der Waals surface area contributed by atoms with Crippen molar-refractivity contribution in [2.45, 2.75) is 20.3 Å². The van der Waals surface area contributed by atoms with Crippen molar-refractivity contribution in [3.05, 3.63) is 44.0 Å². The fourth-order valence-corrected chi connectivity index (χ4v) is 2.43. The Kier molecular flexibility index (Phi) is 4.06. The second kappa shape index (κ2) is 5.75. The predicted molar refractivity (Wildman–Crippen MR) is 74.7 cm³/mol. The highest BCUT2D eigenvalue weighted by Gasteiger charge is 2.09. The number of nitrogens with zero attached hydrogens (tertiary/aromatic N) is 3. The molecule has 2 rings (SSSR count). The van der Waals surface area contributed by atoms with Crippen LogP contribution in [0.15, 0.2) is 17.6 Å². The molecule has 1 N–H and O–H groups in total. The van der Waals surface area contributed by atoms with Crippen LogP contribution >= 0.6 is 11.3 Å². The van der Waals surface area contributed by atoms with E-state index < -0.39 is 4.92 Å². The van der Waals surface area contributed by atoms with Crippen LogP contribution in [0.4, 0.5) is 11.5 Å². The van der Waals surface area contributed by atoms with E-state index in [0.29, 0.717) is 12.4 Å². The molecule has 0 fully saturated rings. The lowest BCUT2D eigenvalue weighted by Crippen LogP contribution is -2.07. The number of anilines is 1. The second-order valence-electron chi connectivity index (χ2n) is 4.18. The summed E-state index contributed by atoms with van der Waals surface area (Å²) in [5.41, 5.74) is 1.81. The summed E-state index contributed by atoms with van der Waals surface area (Å²) in [6.07, 6.45) is 2.08. The van der Waals surface area contributed by atoms with Crippen LogP contribution in [0.3, 0.4) is 0 Å². The third kappa shape index (κ3) is 3.47. The van der Waals surface area contributed by atoms with E-state index in [9.17, 15) is 10.1 Å². The van der Waals surface area contributed by atoms with E-state index in [1.165, 1.54) is 12.3 Å². The van der Waals surface area contributed by atoms with Gasteiger partial charge in [-0.25, -0.2) is 9.97 Å². The van der Waals surface area contributed by atoms with Gasteiger partial charge in [0.2, 0.25) is 0 Å². The van der Waals surface area contributed by atoms with Crippen molar-refractivity contribution in [1.29, 1.82) is 0 Å². The number of hydrogen-bond donors (Lipinski definition) is 1. The van der Waals surface area contributed by atoms with Gasteiger partial charge in [-0.15, -0.1) is 11.3 Å². The standard InChI is InChI=1S/C12H14N4O2S/c1-8-5-10(16(17)18)6-14-12(8)13-4-3-11-15-9(2)7-19-11/h5-7H,3-4H2,1-2H3,(H,13,14). The number of aryl methyl sites for hydroxylation is 2. The van der Waals surface area contributed by atoms with Crippen molar-refractivity contribution >= 4 is 22.8 Å². The molecular formula is C12H14N4O2S. The van der Waals surface area contributed by atoms with Gasteiger partial charge in [-0.3, -0.25) is 10.1 Å². The number of nitrogens with one attached hydrogen (secondary N) is 1. The zero-order chi connectivity index (χ0) is 13.8. The summed E-state index contributed by atoms with van der Waals surface area (Å²) in [5.74, 6) is 0.680. The molecule has 6 nitrogen and oxygen atoms in total. The van der Waals surface area contributed by atoms with Crippen LogP contribution in [0, 0.1) is 24.0 Å². The first kappa shape index (κ1) is 13.4. The molecule has 2 heterocycles. The summed E-state index contributed by atoms with van der Waals surface area (Å²) < 4.78 is 0. The first-order chi connectivity index (χ1) is 9.06. The van der Waals surface area contributed by atoms with E-state index in [-0.39, 0.29) is 5.69 Å². The lowest BCUT2D eigenvalue weighted by Gasteiger charge is -2.06. The number of thiazole rings is 1. The van der Waals surface area contributed by atoms with Gasteiger partial charge in [-0.05, 0) is 19.4 Å². The lowest BCUT2D eigenvalue weighted by molar-refractivity contribution is -0.385. The summed E-state index contributed by atoms with van der Waals surface area (Å²) in [7, 11) is 0. The molecule has 2 aromatic rings. The van der Waals surface area contributed by atoms with Crippen LogP contribution in [0.1, 0.15) is 16.3 Å². The first-order valence-electron chi connectivity index (χ1n) is 5.82. The Bertz CT molecular complexity index is 597. The number of aromatic nitrogens is 2. The largest absolute Gasteiger partial charge is 0.369 e. The smallest absolute Gasteiger partial charge is 0.287 e. The maximum absolute atomic E-state index is 10.6. The minimum atomic E-state index is -0.442. The van der Waals surface area contributed by atoms with Gasteiger partial charge in [0, 0.05) is 30.1 Å². The Labute approximate surface area is 114 Å². The van der Waals surface area contributed by atoms with Crippen LogP contribution in [0.2, 0.25) is 0 Å². The van der Waals surface area contributed by atoms with E-state index in [1.54, 1.807) is 18.3 Å². The van der Waals surface area contributed by atoms with Crippen molar-refractivity contribution in [3.8, 4) is 0 Å². The molecule has 2 aromatic heterocycles. The molecule has 0 atom stereocenters. The Morgan fingerprint density at radius 2 is 2.26 bits per heavy atom. The molecule has 100 valence electrons. The Morgan fingerprint density at radius 3 is 2.84 bits per heavy atom. The Hall–Kier alpha value is -2.02. The monoisotopic (exact) mass is 278 g/mol. The Morgan fingerprint density at radius 1 is 1.47 bits per heavy atom. The average molecular weight is 278 g/mol. The van der Waals surface area contributed by atoms with E-state index in [4.69, 9.17) is 0 Å². The highest BCUT2D eigenvalue weighted by atomic mass is 32.1. The number of pyridine rings is 1. The summed E-state index contributed by atoms with van der Waals surface area (Å²) >= 11 is 1.63. The van der Waals surface area contributed by atoms with Gasteiger partial charge in [-0.2, -0.15) is 0 Å². The fraction of sp³-hybridized carbons (Fsp3) is 0.333. The molecule has 0 spiro atoms. The van der Waals surface area contributed by atoms with Crippen molar-refractivity contribution in [1.82, 2.24) is 9.97 Å². The minimum absolute atomic E-state index is 0.0126. The predicted octanol–water partition coefficient (Wildman–Crippen LogP) is 2.72. The second-order valence-corrected chi connectivity index (χ2v) is 5.12. The third-order valence-electron chi connectivity index (χ3n) is 2.57. The van der Waals surface area contributed by atoms with Crippen molar-refractivity contribution in [3.63, 3.8) is 0 Å². The summed E-state index contributed by atoms with van der Waals surface area (Å²) in [6.45, 7) is 4.48.